The van der Waals surface area contributed by atoms with Gasteiger partial charge in [-0.1, -0.05) is 48.5 Å². The van der Waals surface area contributed by atoms with Gasteiger partial charge in [0.25, 0.3) is 0 Å². The van der Waals surface area contributed by atoms with Crippen LogP contribution in [-0.4, -0.2) is 17.5 Å². The van der Waals surface area contributed by atoms with Crippen LogP contribution in [0.4, 0.5) is 0 Å². The molecule has 0 saturated carbocycles. The molecule has 0 amide bonds. The van der Waals surface area contributed by atoms with E-state index in [1.165, 1.54) is 10.8 Å². The van der Waals surface area contributed by atoms with E-state index >= 15 is 0 Å². The van der Waals surface area contributed by atoms with E-state index in [2.05, 4.69) is 48.5 Å². The van der Waals surface area contributed by atoms with Gasteiger partial charge in [0.05, 0.1) is 0 Å². The summed E-state index contributed by atoms with van der Waals surface area (Å²) in [7, 11) is -4.67. The summed E-state index contributed by atoms with van der Waals surface area (Å²) >= 11 is 0. The van der Waals surface area contributed by atoms with Crippen LogP contribution >= 0.6 is 12.4 Å². The zero-order chi connectivity index (χ0) is 11.3. The average Bonchev–Trinajstić information content (AvgIpc) is 2.16. The molecule has 2 aromatic carbocycles. The predicted molar refractivity (Wildman–Crippen MR) is 65.4 cm³/mol. The second kappa shape index (κ2) is 6.44. The van der Waals surface area contributed by atoms with Crippen molar-refractivity contribution in [3.63, 3.8) is 0 Å². The lowest BCUT2D eigenvalue weighted by molar-refractivity contribution is 0.381. The van der Waals surface area contributed by atoms with Gasteiger partial charge in [-0.15, -0.1) is 12.4 Å². The Balaban J connectivity index is 0.000000330. The zero-order valence-corrected chi connectivity index (χ0v) is 9.78. The fourth-order valence-corrected chi connectivity index (χ4v) is 1.13. The number of halogens is 1. The number of benzene rings is 2. The molecule has 2 rings (SSSR count). The molecule has 2 N–H and O–H groups in total. The first kappa shape index (κ1) is 14.9. The average molecular weight is 263 g/mol. The second-order valence-corrected chi connectivity index (χ2v) is 3.69. The maximum Gasteiger partial charge on any atom is 0.394 e. The van der Waals surface area contributed by atoms with Gasteiger partial charge in [0.1, 0.15) is 0 Å². The van der Waals surface area contributed by atoms with E-state index in [9.17, 15) is 0 Å². The Labute approximate surface area is 99.9 Å². The molecular weight excluding hydrogens is 252 g/mol. The fourth-order valence-electron chi connectivity index (χ4n) is 1.13. The third-order valence-electron chi connectivity index (χ3n) is 1.66. The van der Waals surface area contributed by atoms with E-state index in [1.54, 1.807) is 0 Å². The Kier molecular flexibility index (Phi) is 5.98. The Hall–Kier alpha value is -1.14. The monoisotopic (exact) mass is 262 g/mol. The van der Waals surface area contributed by atoms with Crippen LogP contribution in [0.1, 0.15) is 0 Å². The van der Waals surface area contributed by atoms with Crippen molar-refractivity contribution in [1.82, 2.24) is 0 Å². The molecule has 0 heterocycles. The molecule has 0 atom stereocenters. The Morgan fingerprint density at radius 1 is 0.750 bits per heavy atom. The van der Waals surface area contributed by atoms with Crippen LogP contribution in [0.3, 0.4) is 0 Å². The highest BCUT2D eigenvalue weighted by Gasteiger charge is 1.85. The molecule has 2 aromatic rings. The molecule has 0 aliphatic rings. The normalized spacial score (nSPS) is 9.88. The summed E-state index contributed by atoms with van der Waals surface area (Å²) < 4.78 is 31.6. The summed E-state index contributed by atoms with van der Waals surface area (Å²) in [6.07, 6.45) is 0. The van der Waals surface area contributed by atoms with E-state index in [0.717, 1.165) is 0 Å². The number of hydrogen-bond acceptors (Lipinski definition) is 2. The first-order chi connectivity index (χ1) is 6.97. The van der Waals surface area contributed by atoms with Crippen LogP contribution in [0.25, 0.3) is 10.8 Å². The lowest BCUT2D eigenvalue weighted by Gasteiger charge is -1.92. The highest BCUT2D eigenvalue weighted by molar-refractivity contribution is 7.79. The second-order valence-electron chi connectivity index (χ2n) is 2.79. The minimum atomic E-state index is -4.67. The van der Waals surface area contributed by atoms with Gasteiger partial charge in [0.15, 0.2) is 0 Å². The summed E-state index contributed by atoms with van der Waals surface area (Å²) in [5.74, 6) is 0. The zero-order valence-electron chi connectivity index (χ0n) is 8.15. The summed E-state index contributed by atoms with van der Waals surface area (Å²) in [5, 5.41) is 2.62. The first-order valence-electron chi connectivity index (χ1n) is 4.10. The molecule has 0 aliphatic carbocycles. The first-order valence-corrected chi connectivity index (χ1v) is 5.50. The number of rotatable bonds is 0. The Morgan fingerprint density at radius 2 is 0.938 bits per heavy atom. The molecule has 0 saturated heterocycles. The van der Waals surface area contributed by atoms with E-state index in [-0.39, 0.29) is 12.4 Å². The van der Waals surface area contributed by atoms with Crippen molar-refractivity contribution in [2.45, 2.75) is 0 Å². The molecule has 0 unspecified atom stereocenters. The molecule has 88 valence electrons. The smallest absolute Gasteiger partial charge is 0.264 e. The van der Waals surface area contributed by atoms with Crippen molar-refractivity contribution in [2.75, 3.05) is 0 Å². The standard InChI is InChI=1S/C10H8.ClH.H2O4S/c1-2-6-10-8-4-3-7-9(10)5-1;;1-5(2,3)4/h1-8H;1H;(H2,1,2,3,4). The third-order valence-corrected chi connectivity index (χ3v) is 1.66. The van der Waals surface area contributed by atoms with Crippen molar-refractivity contribution in [2.24, 2.45) is 0 Å². The van der Waals surface area contributed by atoms with Crippen LogP contribution in [0, 0.1) is 0 Å². The van der Waals surface area contributed by atoms with Gasteiger partial charge in [-0.05, 0) is 10.8 Å². The highest BCUT2D eigenvalue weighted by atomic mass is 35.5. The van der Waals surface area contributed by atoms with Gasteiger partial charge >= 0.3 is 10.4 Å². The SMILES string of the molecule is Cl.O=S(=O)(O)O.c1ccc2ccccc2c1. The van der Waals surface area contributed by atoms with E-state index < -0.39 is 10.4 Å². The van der Waals surface area contributed by atoms with Crippen LogP contribution < -0.4 is 0 Å². The maximum absolute atomic E-state index is 8.74. The van der Waals surface area contributed by atoms with Crippen molar-refractivity contribution in [1.29, 1.82) is 0 Å². The quantitative estimate of drug-likeness (QED) is 0.716. The highest BCUT2D eigenvalue weighted by Crippen LogP contribution is 2.11. The van der Waals surface area contributed by atoms with Crippen molar-refractivity contribution in [3.05, 3.63) is 48.5 Å². The van der Waals surface area contributed by atoms with E-state index in [4.69, 9.17) is 17.5 Å². The van der Waals surface area contributed by atoms with Gasteiger partial charge in [0, 0.05) is 0 Å². The Bertz CT molecular complexity index is 466. The summed E-state index contributed by atoms with van der Waals surface area (Å²) in [5.41, 5.74) is 0. The molecule has 6 heteroatoms. The molecule has 0 fully saturated rings. The summed E-state index contributed by atoms with van der Waals surface area (Å²) in [6, 6.07) is 16.7. The maximum atomic E-state index is 8.74. The molecule has 4 nitrogen and oxygen atoms in total. The number of fused-ring (bicyclic) bond motifs is 1. The van der Waals surface area contributed by atoms with E-state index in [0.29, 0.717) is 0 Å². The van der Waals surface area contributed by atoms with Gasteiger partial charge in [-0.25, -0.2) is 0 Å². The minimum absolute atomic E-state index is 0. The molecule has 0 radical (unpaired) electrons. The van der Waals surface area contributed by atoms with Crippen LogP contribution in [-0.2, 0) is 10.4 Å². The minimum Gasteiger partial charge on any atom is -0.264 e. The molecule has 0 bridgehead atoms. The lowest BCUT2D eigenvalue weighted by atomic mass is 10.1. The molecule has 16 heavy (non-hydrogen) atoms. The van der Waals surface area contributed by atoms with Crippen molar-refractivity contribution >= 4 is 33.6 Å². The number of hydrogen-bond donors (Lipinski definition) is 2. The van der Waals surface area contributed by atoms with Crippen LogP contribution in [0.5, 0.6) is 0 Å². The van der Waals surface area contributed by atoms with Gasteiger partial charge in [0.2, 0.25) is 0 Å². The topological polar surface area (TPSA) is 74.6 Å². The van der Waals surface area contributed by atoms with Crippen molar-refractivity contribution < 1.29 is 17.5 Å². The van der Waals surface area contributed by atoms with E-state index in [1.807, 2.05) is 0 Å². The summed E-state index contributed by atoms with van der Waals surface area (Å²) in [4.78, 5) is 0. The molecule has 0 aliphatic heterocycles. The van der Waals surface area contributed by atoms with Gasteiger partial charge in [-0.2, -0.15) is 8.42 Å². The fraction of sp³-hybridized carbons (Fsp3) is 0. The van der Waals surface area contributed by atoms with Crippen LogP contribution in [0.2, 0.25) is 0 Å². The molecular formula is C10H11ClO4S. The van der Waals surface area contributed by atoms with Gasteiger partial charge in [-0.3, -0.25) is 9.11 Å². The third kappa shape index (κ3) is 6.36. The van der Waals surface area contributed by atoms with Crippen molar-refractivity contribution in [3.8, 4) is 0 Å². The van der Waals surface area contributed by atoms with Crippen LogP contribution in [0.15, 0.2) is 48.5 Å². The molecule has 0 aromatic heterocycles. The predicted octanol–water partition coefficient (Wildman–Crippen LogP) is 2.61. The summed E-state index contributed by atoms with van der Waals surface area (Å²) in [6.45, 7) is 0. The van der Waals surface area contributed by atoms with Gasteiger partial charge < -0.3 is 0 Å². The molecule has 0 spiro atoms. The lowest BCUT2D eigenvalue weighted by Crippen LogP contribution is -1.89. The largest absolute Gasteiger partial charge is 0.394 e. The Morgan fingerprint density at radius 3 is 1.12 bits per heavy atom.